The van der Waals surface area contributed by atoms with Crippen molar-refractivity contribution in [3.63, 3.8) is 0 Å². The Balaban J connectivity index is 1.94. The standard InChI is InChI=1S/C14H19N3O2/c1-11(18)12-2-4-13(5-3-12)17-8-6-16(7-9-17)10-14(15)19/h2-5H,6-10H2,1H3,(H2,15,19). The minimum absolute atomic E-state index is 0.0813. The molecule has 5 heteroatoms. The summed E-state index contributed by atoms with van der Waals surface area (Å²) in [6.45, 7) is 5.29. The molecule has 0 saturated carbocycles. The molecule has 1 aromatic rings. The fraction of sp³-hybridized carbons (Fsp3) is 0.429. The van der Waals surface area contributed by atoms with Crippen LogP contribution in [-0.2, 0) is 4.79 Å². The lowest BCUT2D eigenvalue weighted by Gasteiger charge is -2.35. The monoisotopic (exact) mass is 261 g/mol. The van der Waals surface area contributed by atoms with Crippen molar-refractivity contribution in [1.82, 2.24) is 4.90 Å². The maximum absolute atomic E-state index is 11.2. The van der Waals surface area contributed by atoms with Crippen molar-refractivity contribution in [2.24, 2.45) is 5.73 Å². The third-order valence-electron chi connectivity index (χ3n) is 3.39. The van der Waals surface area contributed by atoms with Gasteiger partial charge in [0.25, 0.3) is 0 Å². The minimum Gasteiger partial charge on any atom is -0.369 e. The lowest BCUT2D eigenvalue weighted by atomic mass is 10.1. The van der Waals surface area contributed by atoms with Gasteiger partial charge in [-0.25, -0.2) is 0 Å². The number of ketones is 1. The molecule has 102 valence electrons. The van der Waals surface area contributed by atoms with Gasteiger partial charge in [0, 0.05) is 37.4 Å². The molecule has 0 unspecified atom stereocenters. The van der Waals surface area contributed by atoms with E-state index >= 15 is 0 Å². The second-order valence-electron chi connectivity index (χ2n) is 4.83. The molecule has 1 aromatic carbocycles. The van der Waals surface area contributed by atoms with E-state index < -0.39 is 0 Å². The number of hydrogen-bond acceptors (Lipinski definition) is 4. The molecule has 0 atom stereocenters. The maximum atomic E-state index is 11.2. The predicted molar refractivity (Wildman–Crippen MR) is 74.3 cm³/mol. The van der Waals surface area contributed by atoms with Crippen molar-refractivity contribution >= 4 is 17.4 Å². The number of hydrogen-bond donors (Lipinski definition) is 1. The third kappa shape index (κ3) is 3.54. The normalized spacial score (nSPS) is 16.4. The first-order chi connectivity index (χ1) is 9.06. The minimum atomic E-state index is -0.278. The van der Waals surface area contributed by atoms with Gasteiger partial charge in [0.05, 0.1) is 6.54 Å². The van der Waals surface area contributed by atoms with E-state index in [0.29, 0.717) is 6.54 Å². The van der Waals surface area contributed by atoms with Crippen molar-refractivity contribution in [3.8, 4) is 0 Å². The lowest BCUT2D eigenvalue weighted by Crippen LogP contribution is -2.48. The zero-order valence-electron chi connectivity index (χ0n) is 11.1. The highest BCUT2D eigenvalue weighted by atomic mass is 16.1. The number of primary amides is 1. The van der Waals surface area contributed by atoms with Gasteiger partial charge >= 0.3 is 0 Å². The average Bonchev–Trinajstić information content (AvgIpc) is 2.39. The van der Waals surface area contributed by atoms with Gasteiger partial charge in [0.1, 0.15) is 0 Å². The zero-order chi connectivity index (χ0) is 13.8. The van der Waals surface area contributed by atoms with E-state index in [1.807, 2.05) is 24.3 Å². The molecule has 19 heavy (non-hydrogen) atoms. The number of rotatable bonds is 4. The molecule has 0 bridgehead atoms. The van der Waals surface area contributed by atoms with E-state index in [1.54, 1.807) is 6.92 Å². The number of benzene rings is 1. The molecule has 1 amide bonds. The molecule has 0 aromatic heterocycles. The van der Waals surface area contributed by atoms with E-state index in [1.165, 1.54) is 0 Å². The van der Waals surface area contributed by atoms with Gasteiger partial charge in [0.2, 0.25) is 5.91 Å². The summed E-state index contributed by atoms with van der Waals surface area (Å²) in [5, 5.41) is 0. The van der Waals surface area contributed by atoms with Crippen molar-refractivity contribution in [1.29, 1.82) is 0 Å². The number of anilines is 1. The van der Waals surface area contributed by atoms with Crippen LogP contribution in [0.1, 0.15) is 17.3 Å². The van der Waals surface area contributed by atoms with Crippen LogP contribution in [-0.4, -0.2) is 49.3 Å². The predicted octanol–water partition coefficient (Wildman–Crippen LogP) is 0.497. The molecule has 5 nitrogen and oxygen atoms in total. The Morgan fingerprint density at radius 1 is 1.11 bits per heavy atom. The number of nitrogens with two attached hydrogens (primary N) is 1. The highest BCUT2D eigenvalue weighted by Gasteiger charge is 2.18. The number of carbonyl (C=O) groups is 2. The summed E-state index contributed by atoms with van der Waals surface area (Å²) in [4.78, 5) is 26.4. The van der Waals surface area contributed by atoms with Gasteiger partial charge < -0.3 is 10.6 Å². The first-order valence-corrected chi connectivity index (χ1v) is 6.43. The maximum Gasteiger partial charge on any atom is 0.231 e. The molecule has 0 radical (unpaired) electrons. The van der Waals surface area contributed by atoms with Crippen LogP contribution in [0, 0.1) is 0 Å². The Morgan fingerprint density at radius 3 is 2.16 bits per heavy atom. The SMILES string of the molecule is CC(=O)c1ccc(N2CCN(CC(N)=O)CC2)cc1. The number of piperazine rings is 1. The lowest BCUT2D eigenvalue weighted by molar-refractivity contribution is -0.119. The van der Waals surface area contributed by atoms with E-state index in [-0.39, 0.29) is 11.7 Å². The van der Waals surface area contributed by atoms with Crippen molar-refractivity contribution in [2.45, 2.75) is 6.92 Å². The molecule has 0 spiro atoms. The molecule has 1 aliphatic heterocycles. The summed E-state index contributed by atoms with van der Waals surface area (Å²) in [5.74, 6) is -0.197. The number of Topliss-reactive ketones (excluding diaryl/α,β-unsaturated/α-hetero) is 1. The molecule has 1 fully saturated rings. The van der Waals surface area contributed by atoms with Crippen LogP contribution < -0.4 is 10.6 Å². The van der Waals surface area contributed by atoms with Gasteiger partial charge in [0.15, 0.2) is 5.78 Å². The highest BCUT2D eigenvalue weighted by Crippen LogP contribution is 2.17. The molecule has 1 aliphatic rings. The van der Waals surface area contributed by atoms with Gasteiger partial charge in [-0.05, 0) is 31.2 Å². The van der Waals surface area contributed by atoms with Gasteiger partial charge in [-0.1, -0.05) is 0 Å². The second-order valence-corrected chi connectivity index (χ2v) is 4.83. The number of nitrogens with zero attached hydrogens (tertiary/aromatic N) is 2. The summed E-state index contributed by atoms with van der Waals surface area (Å²) in [5.41, 5.74) is 7.03. The zero-order valence-corrected chi connectivity index (χ0v) is 11.1. The average molecular weight is 261 g/mol. The summed E-state index contributed by atoms with van der Waals surface area (Å²) in [6, 6.07) is 7.65. The summed E-state index contributed by atoms with van der Waals surface area (Å²) in [6.07, 6.45) is 0. The molecule has 0 aliphatic carbocycles. The quantitative estimate of drug-likeness (QED) is 0.801. The fourth-order valence-corrected chi connectivity index (χ4v) is 2.29. The fourth-order valence-electron chi connectivity index (χ4n) is 2.29. The summed E-state index contributed by atoms with van der Waals surface area (Å²) >= 11 is 0. The van der Waals surface area contributed by atoms with E-state index in [0.717, 1.165) is 37.4 Å². The molecular formula is C14H19N3O2. The number of amides is 1. The van der Waals surface area contributed by atoms with E-state index in [4.69, 9.17) is 5.73 Å². The number of carbonyl (C=O) groups excluding carboxylic acids is 2. The molecular weight excluding hydrogens is 242 g/mol. The van der Waals surface area contributed by atoms with Crippen LogP contribution in [0.25, 0.3) is 0 Å². The molecule has 2 N–H and O–H groups in total. The Labute approximate surface area is 113 Å². The van der Waals surface area contributed by atoms with Crippen LogP contribution in [0.2, 0.25) is 0 Å². The largest absolute Gasteiger partial charge is 0.369 e. The van der Waals surface area contributed by atoms with E-state index in [2.05, 4.69) is 9.80 Å². The summed E-state index contributed by atoms with van der Waals surface area (Å²) < 4.78 is 0. The van der Waals surface area contributed by atoms with Crippen molar-refractivity contribution in [3.05, 3.63) is 29.8 Å². The van der Waals surface area contributed by atoms with Crippen LogP contribution in [0.15, 0.2) is 24.3 Å². The molecule has 1 saturated heterocycles. The third-order valence-corrected chi connectivity index (χ3v) is 3.39. The molecule has 2 rings (SSSR count). The Bertz CT molecular complexity index is 462. The van der Waals surface area contributed by atoms with Crippen molar-refractivity contribution in [2.75, 3.05) is 37.6 Å². The smallest absolute Gasteiger partial charge is 0.231 e. The Hall–Kier alpha value is -1.88. The first kappa shape index (κ1) is 13.5. The highest BCUT2D eigenvalue weighted by molar-refractivity contribution is 5.94. The Morgan fingerprint density at radius 2 is 1.68 bits per heavy atom. The first-order valence-electron chi connectivity index (χ1n) is 6.43. The van der Waals surface area contributed by atoms with Gasteiger partial charge in [-0.3, -0.25) is 14.5 Å². The van der Waals surface area contributed by atoms with Gasteiger partial charge in [-0.15, -0.1) is 0 Å². The van der Waals surface area contributed by atoms with Crippen LogP contribution in [0.5, 0.6) is 0 Å². The van der Waals surface area contributed by atoms with Crippen LogP contribution in [0.3, 0.4) is 0 Å². The topological polar surface area (TPSA) is 66.6 Å². The van der Waals surface area contributed by atoms with Crippen LogP contribution in [0.4, 0.5) is 5.69 Å². The molecule has 1 heterocycles. The van der Waals surface area contributed by atoms with Crippen molar-refractivity contribution < 1.29 is 9.59 Å². The second kappa shape index (κ2) is 5.84. The van der Waals surface area contributed by atoms with Gasteiger partial charge in [-0.2, -0.15) is 0 Å². The Kier molecular flexibility index (Phi) is 4.16. The summed E-state index contributed by atoms with van der Waals surface area (Å²) in [7, 11) is 0. The van der Waals surface area contributed by atoms with Crippen LogP contribution >= 0.6 is 0 Å². The van der Waals surface area contributed by atoms with E-state index in [9.17, 15) is 9.59 Å².